The summed E-state index contributed by atoms with van der Waals surface area (Å²) in [6.45, 7) is 0. The van der Waals surface area contributed by atoms with Crippen molar-refractivity contribution in [3.8, 4) is 0 Å². The Morgan fingerprint density at radius 3 is 2.79 bits per heavy atom. The molecule has 0 bridgehead atoms. The van der Waals surface area contributed by atoms with E-state index in [1.807, 2.05) is 18.2 Å². The zero-order valence-corrected chi connectivity index (χ0v) is 10.8. The molecule has 0 radical (unpaired) electrons. The van der Waals surface area contributed by atoms with Gasteiger partial charge in [0.05, 0.1) is 8.69 Å². The smallest absolute Gasteiger partial charge is 0.263 e. The summed E-state index contributed by atoms with van der Waals surface area (Å²) in [7, 11) is 0. The van der Waals surface area contributed by atoms with Crippen molar-refractivity contribution in [3.63, 3.8) is 0 Å². The Bertz CT molecular complexity index is 438. The molecule has 14 heavy (non-hydrogen) atoms. The molecule has 1 fully saturated rings. The highest BCUT2D eigenvalue weighted by Gasteiger charge is 2.21. The molecular weight excluding hydrogens is 302 g/mol. The van der Waals surface area contributed by atoms with Crippen LogP contribution < -0.4 is 5.32 Å². The van der Waals surface area contributed by atoms with Crippen LogP contribution in [0.2, 0.25) is 0 Å². The average Bonchev–Trinajstić information content (AvgIpc) is 2.61. The van der Waals surface area contributed by atoms with Crippen molar-refractivity contribution in [2.45, 2.75) is 0 Å². The molecule has 1 N–H and O–H groups in total. The molecule has 1 amide bonds. The molecule has 1 aliphatic heterocycles. The molecule has 1 aliphatic rings. The van der Waals surface area contributed by atoms with E-state index in [4.69, 9.17) is 12.2 Å². The molecule has 6 heteroatoms. The molecule has 2 nitrogen and oxygen atoms in total. The lowest BCUT2D eigenvalue weighted by Crippen LogP contribution is -2.17. The summed E-state index contributed by atoms with van der Waals surface area (Å²) >= 11 is 11.1. The molecule has 1 aromatic rings. The van der Waals surface area contributed by atoms with Crippen LogP contribution >= 0.6 is 51.2 Å². The standard InChI is InChI=1S/C8H4BrNOS3/c9-6-2-1-4(13-6)3-5-7(11)10-8(12)14-5/h1-3H,(H,10,11,12)/b5-3-. The Morgan fingerprint density at radius 1 is 1.50 bits per heavy atom. The maximum absolute atomic E-state index is 11.3. The second-order valence-electron chi connectivity index (χ2n) is 2.49. The molecular formula is C8H4BrNOS3. The molecule has 0 saturated carbocycles. The number of thiocarbonyl (C=S) groups is 1. The number of carbonyl (C=O) groups is 1. The predicted molar refractivity (Wildman–Crippen MR) is 68.3 cm³/mol. The molecule has 2 rings (SSSR count). The Hall–Kier alpha value is -0.170. The van der Waals surface area contributed by atoms with Gasteiger partial charge in [-0.3, -0.25) is 4.79 Å². The van der Waals surface area contributed by atoms with Gasteiger partial charge >= 0.3 is 0 Å². The zero-order valence-electron chi connectivity index (χ0n) is 6.74. The maximum Gasteiger partial charge on any atom is 0.263 e. The first-order chi connectivity index (χ1) is 6.65. The monoisotopic (exact) mass is 305 g/mol. The third kappa shape index (κ3) is 2.25. The van der Waals surface area contributed by atoms with Gasteiger partial charge in [-0.25, -0.2) is 0 Å². The van der Waals surface area contributed by atoms with Crippen LogP contribution in [-0.2, 0) is 4.79 Å². The van der Waals surface area contributed by atoms with Gasteiger partial charge in [0.25, 0.3) is 5.91 Å². The topological polar surface area (TPSA) is 29.1 Å². The minimum atomic E-state index is -0.107. The minimum Gasteiger partial charge on any atom is -0.307 e. The highest BCUT2D eigenvalue weighted by Crippen LogP contribution is 2.29. The van der Waals surface area contributed by atoms with Crippen LogP contribution in [0.4, 0.5) is 0 Å². The van der Waals surface area contributed by atoms with Crippen molar-refractivity contribution in [2.24, 2.45) is 0 Å². The minimum absolute atomic E-state index is 0.107. The van der Waals surface area contributed by atoms with Crippen molar-refractivity contribution in [2.75, 3.05) is 0 Å². The quantitative estimate of drug-likeness (QED) is 0.639. The first-order valence-electron chi connectivity index (χ1n) is 3.65. The lowest BCUT2D eigenvalue weighted by atomic mass is 10.4. The number of thiophene rings is 1. The van der Waals surface area contributed by atoms with Gasteiger partial charge in [-0.2, -0.15) is 0 Å². The number of carbonyl (C=O) groups excluding carboxylic acids is 1. The largest absolute Gasteiger partial charge is 0.307 e. The van der Waals surface area contributed by atoms with E-state index >= 15 is 0 Å². The van der Waals surface area contributed by atoms with Crippen molar-refractivity contribution >= 4 is 67.6 Å². The fraction of sp³-hybridized carbons (Fsp3) is 0. The molecule has 2 heterocycles. The van der Waals surface area contributed by atoms with E-state index in [2.05, 4.69) is 21.2 Å². The molecule has 1 saturated heterocycles. The van der Waals surface area contributed by atoms with Gasteiger partial charge in [-0.05, 0) is 34.1 Å². The summed E-state index contributed by atoms with van der Waals surface area (Å²) in [5, 5.41) is 2.57. The lowest BCUT2D eigenvalue weighted by molar-refractivity contribution is -0.115. The zero-order chi connectivity index (χ0) is 10.1. The number of rotatable bonds is 1. The Labute approximate surface area is 103 Å². The van der Waals surface area contributed by atoms with E-state index < -0.39 is 0 Å². The number of halogens is 1. The van der Waals surface area contributed by atoms with Crippen LogP contribution in [0.5, 0.6) is 0 Å². The van der Waals surface area contributed by atoms with Crippen LogP contribution in [0.3, 0.4) is 0 Å². The highest BCUT2D eigenvalue weighted by molar-refractivity contribution is 9.11. The van der Waals surface area contributed by atoms with Crippen LogP contribution in [0.15, 0.2) is 20.8 Å². The van der Waals surface area contributed by atoms with Gasteiger partial charge in [-0.15, -0.1) is 11.3 Å². The molecule has 0 spiro atoms. The first-order valence-corrected chi connectivity index (χ1v) is 6.49. The van der Waals surface area contributed by atoms with Crippen molar-refractivity contribution < 1.29 is 4.79 Å². The summed E-state index contributed by atoms with van der Waals surface area (Å²) < 4.78 is 1.58. The number of hydrogen-bond acceptors (Lipinski definition) is 4. The second kappa shape index (κ2) is 4.14. The molecule has 72 valence electrons. The summed E-state index contributed by atoms with van der Waals surface area (Å²) in [6.07, 6.45) is 1.84. The fourth-order valence-corrected chi connectivity index (χ4v) is 3.43. The maximum atomic E-state index is 11.3. The summed E-state index contributed by atoms with van der Waals surface area (Å²) in [6, 6.07) is 3.91. The number of nitrogens with one attached hydrogen (secondary N) is 1. The highest BCUT2D eigenvalue weighted by atomic mass is 79.9. The van der Waals surface area contributed by atoms with Crippen LogP contribution in [-0.4, -0.2) is 10.2 Å². The molecule has 1 aromatic heterocycles. The second-order valence-corrected chi connectivity index (χ2v) is 6.71. The molecule has 0 atom stereocenters. The van der Waals surface area contributed by atoms with Gasteiger partial charge < -0.3 is 5.32 Å². The number of thioether (sulfide) groups is 1. The van der Waals surface area contributed by atoms with Gasteiger partial charge in [0.15, 0.2) is 0 Å². The average molecular weight is 306 g/mol. The Morgan fingerprint density at radius 2 is 2.29 bits per heavy atom. The fourth-order valence-electron chi connectivity index (χ4n) is 0.956. The third-order valence-corrected chi connectivity index (χ3v) is 4.24. The number of amides is 1. The lowest BCUT2D eigenvalue weighted by Gasteiger charge is -1.88. The molecule has 0 unspecified atom stereocenters. The van der Waals surface area contributed by atoms with E-state index in [0.29, 0.717) is 9.23 Å². The summed E-state index contributed by atoms with van der Waals surface area (Å²) in [4.78, 5) is 13.0. The molecule has 0 aliphatic carbocycles. The van der Waals surface area contributed by atoms with Crippen molar-refractivity contribution in [3.05, 3.63) is 25.7 Å². The summed E-state index contributed by atoms with van der Waals surface area (Å²) in [5.74, 6) is -0.107. The first kappa shape index (κ1) is 10.4. The number of hydrogen-bond donors (Lipinski definition) is 1. The van der Waals surface area contributed by atoms with Crippen molar-refractivity contribution in [1.82, 2.24) is 5.32 Å². The van der Waals surface area contributed by atoms with E-state index in [0.717, 1.165) is 8.66 Å². The van der Waals surface area contributed by atoms with E-state index in [9.17, 15) is 4.79 Å². The van der Waals surface area contributed by atoms with Gasteiger partial charge in [0.2, 0.25) is 0 Å². The Kier molecular flexibility index (Phi) is 3.06. The van der Waals surface area contributed by atoms with Crippen LogP contribution in [0, 0.1) is 0 Å². The SMILES string of the molecule is O=C1NC(=S)S/C1=C\c1ccc(Br)s1. The van der Waals surface area contributed by atoms with E-state index in [1.165, 1.54) is 11.8 Å². The normalized spacial score (nSPS) is 19.1. The molecule has 0 aromatic carbocycles. The van der Waals surface area contributed by atoms with Gasteiger partial charge in [-0.1, -0.05) is 24.0 Å². The summed E-state index contributed by atoms with van der Waals surface area (Å²) in [5.41, 5.74) is 0. The van der Waals surface area contributed by atoms with Crippen LogP contribution in [0.25, 0.3) is 6.08 Å². The van der Waals surface area contributed by atoms with E-state index in [-0.39, 0.29) is 5.91 Å². The Balaban J connectivity index is 2.27. The predicted octanol–water partition coefficient (Wildman–Crippen LogP) is 3.00. The van der Waals surface area contributed by atoms with Crippen LogP contribution in [0.1, 0.15) is 4.88 Å². The third-order valence-electron chi connectivity index (χ3n) is 1.51. The van der Waals surface area contributed by atoms with Gasteiger partial charge in [0, 0.05) is 4.88 Å². The van der Waals surface area contributed by atoms with E-state index in [1.54, 1.807) is 11.3 Å². The van der Waals surface area contributed by atoms with Crippen molar-refractivity contribution in [1.29, 1.82) is 0 Å². The van der Waals surface area contributed by atoms with Gasteiger partial charge in [0.1, 0.15) is 4.32 Å².